The summed E-state index contributed by atoms with van der Waals surface area (Å²) in [6.45, 7) is 17.8. The van der Waals surface area contributed by atoms with E-state index in [1.807, 2.05) is 0 Å². The van der Waals surface area contributed by atoms with Crippen molar-refractivity contribution in [2.75, 3.05) is 0 Å². The van der Waals surface area contributed by atoms with Crippen LogP contribution in [0, 0.1) is 0 Å². The Morgan fingerprint density at radius 3 is 0.419 bits per heavy atom. The molecule has 0 aliphatic carbocycles. The SMILES string of the molecule is CCCCCCCCCc1cc(S(=O)(=O)[O-])cc2c(CCCCCCCCC)cccc12.CCCCCCCCCc1cc(S(=O)(=O)[O-])cc2c(CCCCCCCCC)cccc12.CCCCCCCCCc1cc(S(=O)(=O)[O-])cc2c(CCCCCCCCC)cccc12.CCCCCCCCCc1cc(S(=O)(=O)[O-])cc2c(CCCCCCCCC)cccc12.[Pb]. The van der Waals surface area contributed by atoms with Gasteiger partial charge in [-0.15, -0.1) is 0 Å². The molecule has 129 heavy (non-hydrogen) atoms. The molecule has 8 rings (SSSR count). The first kappa shape index (κ1) is 117. The van der Waals surface area contributed by atoms with Crippen molar-refractivity contribution in [2.45, 2.75) is 486 Å². The number of aryl methyl sites for hydroxylation is 8. The molecule has 0 atom stereocenters. The van der Waals surface area contributed by atoms with E-state index in [9.17, 15) is 51.9 Å². The van der Waals surface area contributed by atoms with Crippen LogP contribution < -0.4 is 0 Å². The van der Waals surface area contributed by atoms with E-state index in [2.05, 4.69) is 128 Å². The fourth-order valence-corrected chi connectivity index (χ4v) is 20.6. The third-order valence-electron chi connectivity index (χ3n) is 26.1. The Hall–Kier alpha value is -4.64. The van der Waals surface area contributed by atoms with Crippen LogP contribution in [0.3, 0.4) is 0 Å². The molecule has 17 heteroatoms. The molecule has 0 bridgehead atoms. The van der Waals surface area contributed by atoms with Crippen LogP contribution in [0.1, 0.15) is 459 Å². The van der Waals surface area contributed by atoms with Crippen molar-refractivity contribution in [3.8, 4) is 0 Å². The van der Waals surface area contributed by atoms with Crippen molar-refractivity contribution in [3.05, 3.63) is 166 Å². The minimum Gasteiger partial charge on any atom is -0.744 e. The summed E-state index contributed by atoms with van der Waals surface area (Å²) in [5, 5.41) is 8.27. The van der Waals surface area contributed by atoms with Gasteiger partial charge in [0.05, 0.1) is 19.6 Å². The van der Waals surface area contributed by atoms with Crippen molar-refractivity contribution in [3.63, 3.8) is 0 Å². The maximum Gasteiger partial charge on any atom is 0.124 e. The first-order chi connectivity index (χ1) is 61.9. The number of rotatable bonds is 68. The summed E-state index contributed by atoms with van der Waals surface area (Å²) >= 11 is 0. The van der Waals surface area contributed by atoms with Gasteiger partial charge in [-0.3, -0.25) is 0 Å². The van der Waals surface area contributed by atoms with Gasteiger partial charge in [-0.2, -0.15) is 0 Å². The van der Waals surface area contributed by atoms with E-state index >= 15 is 0 Å². The average molecular weight is 2050 g/mol. The van der Waals surface area contributed by atoms with E-state index in [4.69, 9.17) is 0 Å². The zero-order valence-corrected chi connectivity index (χ0v) is 89.0. The van der Waals surface area contributed by atoms with Crippen LogP contribution in [0.2, 0.25) is 0 Å². The maximum absolute atomic E-state index is 11.8. The number of benzene rings is 8. The quantitative estimate of drug-likeness (QED) is 0.0197. The number of unbranched alkanes of at least 4 members (excludes halogenated alkanes) is 48. The molecule has 0 fully saturated rings. The molecule has 0 N–H and O–H groups in total. The minimum absolute atomic E-state index is 0. The molecule has 0 saturated heterocycles. The van der Waals surface area contributed by atoms with E-state index in [1.165, 1.54) is 305 Å². The molecular weight excluding hydrogens is 1870 g/mol. The summed E-state index contributed by atoms with van der Waals surface area (Å²) in [5.74, 6) is 0. The van der Waals surface area contributed by atoms with Crippen LogP contribution >= 0.6 is 0 Å². The molecule has 0 saturated carbocycles. The van der Waals surface area contributed by atoms with E-state index in [0.29, 0.717) is 0 Å². The van der Waals surface area contributed by atoms with Gasteiger partial charge in [0.15, 0.2) is 0 Å². The van der Waals surface area contributed by atoms with Crippen molar-refractivity contribution in [1.82, 2.24) is 0 Å². The summed E-state index contributed by atoms with van der Waals surface area (Å²) in [6, 6.07) is 38.0. The Bertz CT molecular complexity index is 4220. The predicted octanol–water partition coefficient (Wildman–Crippen LogP) is 32.9. The standard InChI is InChI=1S/4C28H44O3S.Pb/c4*1-3-5-7-9-11-13-15-18-24-20-17-21-27-25(19-16-14-12-10-8-6-4-2)22-26(23-28(24)27)32(29,30)31;/h4*17,20-23H,3-16,18-19H2,1-2H3,(H,29,30,31);/p-4. The molecule has 8 aromatic rings. The van der Waals surface area contributed by atoms with Gasteiger partial charge in [0.2, 0.25) is 0 Å². The molecule has 12 nitrogen and oxygen atoms in total. The molecule has 724 valence electrons. The van der Waals surface area contributed by atoms with Crippen LogP contribution in [0.25, 0.3) is 43.1 Å². The molecule has 0 unspecified atom stereocenters. The normalized spacial score (nSPS) is 11.9. The second kappa shape index (κ2) is 69.2. The van der Waals surface area contributed by atoms with Crippen LogP contribution in [0.15, 0.2) is 141 Å². The number of hydrogen-bond acceptors (Lipinski definition) is 12. The zero-order valence-electron chi connectivity index (χ0n) is 81.8. The Kier molecular flexibility index (Phi) is 62.6. The van der Waals surface area contributed by atoms with Crippen LogP contribution in [0.5, 0.6) is 0 Å². The fraction of sp³-hybridized carbons (Fsp3) is 0.643. The Morgan fingerprint density at radius 2 is 0.287 bits per heavy atom. The largest absolute Gasteiger partial charge is 0.744 e. The smallest absolute Gasteiger partial charge is 0.124 e. The third-order valence-corrected chi connectivity index (χ3v) is 29.4. The zero-order chi connectivity index (χ0) is 92.9. The summed E-state index contributed by atoms with van der Waals surface area (Å²) in [5.41, 5.74) is 8.70. The van der Waals surface area contributed by atoms with Gasteiger partial charge in [-0.1, -0.05) is 436 Å². The second-order valence-electron chi connectivity index (χ2n) is 37.2. The fourth-order valence-electron chi connectivity index (χ4n) is 18.4. The average Bonchev–Trinajstić information content (AvgIpc) is 0.797. The maximum atomic E-state index is 11.8. The molecule has 0 aliphatic rings. The topological polar surface area (TPSA) is 229 Å². The first-order valence-corrected chi connectivity index (χ1v) is 57.5. The van der Waals surface area contributed by atoms with Gasteiger partial charge in [0.1, 0.15) is 40.5 Å². The van der Waals surface area contributed by atoms with E-state index < -0.39 is 40.5 Å². The van der Waals surface area contributed by atoms with Gasteiger partial charge in [-0.05, 0) is 239 Å². The van der Waals surface area contributed by atoms with Crippen LogP contribution in [-0.2, 0) is 91.8 Å². The summed E-state index contributed by atoms with van der Waals surface area (Å²) in [6.07, 6.45) is 76.2. The Labute approximate surface area is 807 Å². The molecule has 4 radical (unpaired) electrons. The minimum atomic E-state index is -4.47. The van der Waals surface area contributed by atoms with Gasteiger partial charge in [0.25, 0.3) is 0 Å². The number of hydrogen-bond donors (Lipinski definition) is 0. The molecule has 8 aromatic carbocycles. The van der Waals surface area contributed by atoms with E-state index in [1.54, 1.807) is 48.5 Å². The van der Waals surface area contributed by atoms with Gasteiger partial charge in [0, 0.05) is 27.3 Å². The molecule has 0 heterocycles. The van der Waals surface area contributed by atoms with Gasteiger partial charge < -0.3 is 18.2 Å². The summed E-state index contributed by atoms with van der Waals surface area (Å²) < 4.78 is 142. The van der Waals surface area contributed by atoms with E-state index in [-0.39, 0.29) is 46.9 Å². The molecule has 0 amide bonds. The van der Waals surface area contributed by atoms with Crippen LogP contribution in [0.4, 0.5) is 0 Å². The first-order valence-electron chi connectivity index (χ1n) is 51.9. The summed E-state index contributed by atoms with van der Waals surface area (Å²) in [4.78, 5) is -0.296. The molecule has 0 spiro atoms. The van der Waals surface area contributed by atoms with Crippen LogP contribution in [-0.4, -0.2) is 79.2 Å². The third kappa shape index (κ3) is 47.6. The van der Waals surface area contributed by atoms with Gasteiger partial charge >= 0.3 is 0 Å². The predicted molar refractivity (Wildman–Crippen MR) is 547 cm³/mol. The van der Waals surface area contributed by atoms with Gasteiger partial charge in [-0.25, -0.2) is 33.7 Å². The Balaban J connectivity index is 0.000000359. The molecule has 0 aromatic heterocycles. The number of fused-ring (bicyclic) bond motifs is 4. The molecule has 0 aliphatic heterocycles. The monoisotopic (exact) mass is 2050 g/mol. The molecular formula is C112H172O12PbS4-4. The van der Waals surface area contributed by atoms with Crippen molar-refractivity contribution >= 4 is 111 Å². The summed E-state index contributed by atoms with van der Waals surface area (Å²) in [7, 11) is -17.9. The van der Waals surface area contributed by atoms with E-state index in [0.717, 1.165) is 194 Å². The van der Waals surface area contributed by atoms with Crippen molar-refractivity contribution < 1.29 is 51.9 Å². The van der Waals surface area contributed by atoms with Crippen molar-refractivity contribution in [1.29, 1.82) is 0 Å². The van der Waals surface area contributed by atoms with Crippen molar-refractivity contribution in [2.24, 2.45) is 0 Å². The second-order valence-corrected chi connectivity index (χ2v) is 42.7. The Morgan fingerprint density at radius 1 is 0.163 bits per heavy atom.